The predicted octanol–water partition coefficient (Wildman–Crippen LogP) is 23.0. The second-order valence-corrected chi connectivity index (χ2v) is 35.7. The summed E-state index contributed by atoms with van der Waals surface area (Å²) in [5.74, 6) is 0.131. The number of ketones is 1. The quantitative estimate of drug-likeness (QED) is 0.0752. The average molecular weight is 1640 g/mol. The van der Waals surface area contributed by atoms with Gasteiger partial charge in [-0.2, -0.15) is 25.5 Å². The Morgan fingerprint density at radius 2 is 0.672 bits per heavy atom. The molecule has 0 fully saturated rings. The molecule has 0 radical (unpaired) electrons. The number of aromatic nitrogens is 15. The molecule has 10 N–H and O–H groups in total. The normalized spacial score (nSPS) is 11.9. The van der Waals surface area contributed by atoms with Gasteiger partial charge in [-0.3, -0.25) is 4.79 Å². The van der Waals surface area contributed by atoms with Crippen LogP contribution in [0.3, 0.4) is 0 Å². The van der Waals surface area contributed by atoms with Crippen molar-refractivity contribution in [3.8, 4) is 45.0 Å². The van der Waals surface area contributed by atoms with Crippen molar-refractivity contribution in [1.82, 2.24) is 73.8 Å². The molecule has 0 bridgehead atoms. The molecule has 0 aliphatic heterocycles. The lowest BCUT2D eigenvalue weighted by Crippen LogP contribution is -2.28. The van der Waals surface area contributed by atoms with E-state index in [1.54, 1.807) is 43.1 Å². The fourth-order valence-electron chi connectivity index (χ4n) is 15.0. The highest BCUT2D eigenvalue weighted by molar-refractivity contribution is 6.30. The summed E-state index contributed by atoms with van der Waals surface area (Å²) in [6, 6.07) is 72.2. The van der Waals surface area contributed by atoms with E-state index in [0.29, 0.717) is 40.6 Å². The number of Topliss-reactive ketones (excluding diaryl/α,β-unsaturated/α-hetero) is 1. The molecule has 122 heavy (non-hydrogen) atoms. The second kappa shape index (κ2) is 34.6. The largest absolute Gasteiger partial charge is 0.398 e. The van der Waals surface area contributed by atoms with Gasteiger partial charge in [-0.15, -0.1) is 0 Å². The van der Waals surface area contributed by atoms with Crippen molar-refractivity contribution >= 4 is 123 Å². The average Bonchev–Trinajstić information content (AvgIpc) is 1.63. The number of nitrogen functional groups attached to an aromatic ring is 5. The highest BCUT2D eigenvalue weighted by Crippen LogP contribution is 2.41. The summed E-state index contributed by atoms with van der Waals surface area (Å²) in [5, 5.41) is 34.4. The van der Waals surface area contributed by atoms with Crippen molar-refractivity contribution < 1.29 is 4.79 Å². The number of anilines is 5. The summed E-state index contributed by atoms with van der Waals surface area (Å²) in [6.07, 6.45) is 10.5. The van der Waals surface area contributed by atoms with Crippen molar-refractivity contribution in [2.24, 2.45) is 0 Å². The Morgan fingerprint density at radius 3 is 1.11 bits per heavy atom. The SMILES string of the molecule is C.CC(C)(C)n1nc(-c2ccc(Cl)cc2)c2c(N)ccnc21.CC(C)(C)n1nc(-c2cccc3ccccc23)c2c(N)ccnc21.CC(C)(C)n1nc(Cc2cccc3ccccc23)c2c(N)ccnc21.Cc1ccc(-c2nn(C(C)(C)C)c3nccc(N)c23)cc1.Cc1ccc(-c2nn(C(C)(C)CCC(=O)c3ccccc3)c3nccc(N)c23)cc1. The van der Waals surface area contributed by atoms with Crippen LogP contribution < -0.4 is 28.7 Å². The number of carbonyl (C=O) groups is 1. The van der Waals surface area contributed by atoms with Crippen LogP contribution in [-0.4, -0.2) is 79.6 Å². The van der Waals surface area contributed by atoms with E-state index in [9.17, 15) is 4.79 Å². The maximum atomic E-state index is 12.6. The lowest BCUT2D eigenvalue weighted by Gasteiger charge is -2.25. The van der Waals surface area contributed by atoms with Gasteiger partial charge in [-0.1, -0.05) is 206 Å². The number of hydrogen-bond donors (Lipinski definition) is 5. The highest BCUT2D eigenvalue weighted by Gasteiger charge is 2.31. The van der Waals surface area contributed by atoms with Gasteiger partial charge < -0.3 is 28.7 Å². The first-order valence-electron chi connectivity index (χ1n) is 40.6. The lowest BCUT2D eigenvalue weighted by molar-refractivity contribution is 0.0963. The van der Waals surface area contributed by atoms with Gasteiger partial charge in [0.1, 0.15) is 22.8 Å². The van der Waals surface area contributed by atoms with E-state index in [2.05, 4.69) is 263 Å². The van der Waals surface area contributed by atoms with Crippen molar-refractivity contribution in [3.05, 3.63) is 282 Å². The van der Waals surface area contributed by atoms with E-state index in [4.69, 9.17) is 65.8 Å². The molecule has 0 saturated carbocycles. The van der Waals surface area contributed by atoms with E-state index >= 15 is 0 Å². The zero-order chi connectivity index (χ0) is 86.2. The van der Waals surface area contributed by atoms with E-state index < -0.39 is 5.54 Å². The van der Waals surface area contributed by atoms with Crippen molar-refractivity contribution in [3.63, 3.8) is 0 Å². The Hall–Kier alpha value is -13.7. The van der Waals surface area contributed by atoms with Crippen LogP contribution in [0, 0.1) is 13.8 Å². The Bertz CT molecular complexity index is 6660. The molecule has 18 rings (SSSR count). The first kappa shape index (κ1) is 86.2. The maximum absolute atomic E-state index is 12.6. The number of fused-ring (bicyclic) bond motifs is 7. The molecular formula is C100H109ClN20O. The molecule has 0 spiro atoms. The van der Waals surface area contributed by atoms with E-state index in [-0.39, 0.29) is 35.4 Å². The molecule has 0 aliphatic rings. The number of nitrogens with two attached hydrogens (primary N) is 5. The first-order valence-corrected chi connectivity index (χ1v) is 41.0. The molecule has 10 heterocycles. The van der Waals surface area contributed by atoms with Gasteiger partial charge in [0.05, 0.1) is 60.3 Å². The second-order valence-electron chi connectivity index (χ2n) is 35.3. The topological polar surface area (TPSA) is 301 Å². The standard InChI is InChI=1S/C25H26N4O.C21H22N4.C20H20N4.C17H20N4.C16H17ClN4.CH4/c1-17-9-11-19(12-10-17)23-22-20(26)14-16-27-24(22)29(28-23)25(2,3)15-13-21(30)18-7-5-4-6-8-18;1-21(2,3)25-20-19(17(22)11-12-23-20)18(24-25)13-15-9-6-8-14-7-4-5-10-16(14)15;1-20(2,3)24-19-17(16(21)11-12-22-19)18(23-24)15-10-6-8-13-7-4-5-9-14(13)15;1-11-5-7-12(8-6-11)15-14-13(18)9-10-19-16(14)21(20-15)17(2,3)4;1-16(2,3)21-15-13(12(18)8-9-19-15)14(20-21)10-4-6-11(17)7-5-10;/h4-12,14,16H,13,15H2,1-3H3,(H2,26,27);4-12H,13H2,1-3H3,(H2,22,23);4-12H,1-3H3,(H2,21,22);5-10H,1-4H3,(H2,18,19);4-9H,1-3H3,(H2,18,19);1H4. The molecule has 622 valence electrons. The zero-order valence-corrected chi connectivity index (χ0v) is 72.4. The zero-order valence-electron chi connectivity index (χ0n) is 71.7. The minimum atomic E-state index is -0.410. The van der Waals surface area contributed by atoms with Crippen LogP contribution in [0.15, 0.2) is 249 Å². The lowest BCUT2D eigenvalue weighted by atomic mass is 9.95. The molecule has 0 atom stereocenters. The number of pyridine rings is 5. The fraction of sp³-hybridized carbons (Fsp3) is 0.250. The summed E-state index contributed by atoms with van der Waals surface area (Å²) in [6.45, 7) is 33.7. The maximum Gasteiger partial charge on any atom is 0.162 e. The molecule has 0 amide bonds. The molecule has 0 saturated heterocycles. The predicted molar refractivity (Wildman–Crippen MR) is 506 cm³/mol. The van der Waals surface area contributed by atoms with Gasteiger partial charge in [-0.05, 0) is 187 Å². The van der Waals surface area contributed by atoms with E-state index in [0.717, 1.165) is 124 Å². The molecule has 22 heteroatoms. The third-order valence-corrected chi connectivity index (χ3v) is 21.6. The van der Waals surface area contributed by atoms with Crippen LogP contribution in [0.2, 0.25) is 5.02 Å². The Balaban J connectivity index is 0.000000132. The molecular weight excluding hydrogens is 1530 g/mol. The van der Waals surface area contributed by atoms with Crippen LogP contribution in [0.1, 0.15) is 150 Å². The summed E-state index contributed by atoms with van der Waals surface area (Å²) in [4.78, 5) is 35.3. The molecule has 0 unspecified atom stereocenters. The van der Waals surface area contributed by atoms with Crippen molar-refractivity contribution in [1.29, 1.82) is 0 Å². The number of nitrogens with zero attached hydrogens (tertiary/aromatic N) is 15. The van der Waals surface area contributed by atoms with Crippen molar-refractivity contribution in [2.75, 3.05) is 28.7 Å². The Labute approximate surface area is 718 Å². The first-order chi connectivity index (χ1) is 57.5. The van der Waals surface area contributed by atoms with Gasteiger partial charge in [0, 0.05) is 105 Å². The van der Waals surface area contributed by atoms with Gasteiger partial charge in [0.2, 0.25) is 0 Å². The molecule has 8 aromatic carbocycles. The fourth-order valence-corrected chi connectivity index (χ4v) is 15.1. The van der Waals surface area contributed by atoms with Crippen LogP contribution in [0.5, 0.6) is 0 Å². The summed E-state index contributed by atoms with van der Waals surface area (Å²) < 4.78 is 9.75. The third-order valence-electron chi connectivity index (χ3n) is 21.3. The number of rotatable bonds is 11. The summed E-state index contributed by atoms with van der Waals surface area (Å²) in [7, 11) is 0. The molecule has 0 aliphatic carbocycles. The highest BCUT2D eigenvalue weighted by atomic mass is 35.5. The van der Waals surface area contributed by atoms with Gasteiger partial charge in [0.25, 0.3) is 0 Å². The number of aryl methyl sites for hydroxylation is 2. The molecule has 10 aromatic heterocycles. The van der Waals surface area contributed by atoms with Gasteiger partial charge in [0.15, 0.2) is 34.0 Å². The number of benzene rings is 8. The third kappa shape index (κ3) is 18.0. The molecule has 21 nitrogen and oxygen atoms in total. The number of halogens is 1. The summed E-state index contributed by atoms with van der Waals surface area (Å²) >= 11 is 5.96. The Kier molecular flexibility index (Phi) is 24.4. The van der Waals surface area contributed by atoms with E-state index in [1.165, 1.54) is 38.2 Å². The molecule has 18 aromatic rings. The summed E-state index contributed by atoms with van der Waals surface area (Å²) in [5.41, 5.74) is 50.7. The number of hydrogen-bond acceptors (Lipinski definition) is 16. The monoisotopic (exact) mass is 1640 g/mol. The van der Waals surface area contributed by atoms with E-state index in [1.807, 2.05) is 102 Å². The number of carbonyl (C=O) groups excluding carboxylic acids is 1. The smallest absolute Gasteiger partial charge is 0.162 e. The van der Waals surface area contributed by atoms with Crippen molar-refractivity contribution in [2.45, 2.75) is 165 Å². The van der Waals surface area contributed by atoms with Crippen LogP contribution >= 0.6 is 11.6 Å². The van der Waals surface area contributed by atoms with Crippen LogP contribution in [-0.2, 0) is 34.1 Å². The van der Waals surface area contributed by atoms with Crippen LogP contribution in [0.25, 0.3) is 122 Å². The minimum Gasteiger partial charge on any atom is -0.398 e. The van der Waals surface area contributed by atoms with Gasteiger partial charge >= 0.3 is 0 Å². The van der Waals surface area contributed by atoms with Gasteiger partial charge in [-0.25, -0.2) is 48.3 Å². The Morgan fingerprint density at radius 1 is 0.344 bits per heavy atom. The minimum absolute atomic E-state index is 0. The van der Waals surface area contributed by atoms with Crippen LogP contribution in [0.4, 0.5) is 28.4 Å².